The predicted molar refractivity (Wildman–Crippen MR) is 91.7 cm³/mol. The van der Waals surface area contributed by atoms with Crippen LogP contribution in [0.1, 0.15) is 43.7 Å². The molecule has 3 rings (SSSR count). The number of hydrogen-bond donors (Lipinski definition) is 0. The van der Waals surface area contributed by atoms with E-state index in [0.29, 0.717) is 12.8 Å². The van der Waals surface area contributed by atoms with Gasteiger partial charge < -0.3 is 14.5 Å². The van der Waals surface area contributed by atoms with Crippen LogP contribution in [0.15, 0.2) is 24.3 Å². The van der Waals surface area contributed by atoms with E-state index in [1.165, 1.54) is 6.42 Å². The minimum atomic E-state index is -0.188. The van der Waals surface area contributed by atoms with E-state index in [1.807, 2.05) is 36.2 Å². The Morgan fingerprint density at radius 2 is 1.79 bits per heavy atom. The minimum Gasteiger partial charge on any atom is -0.497 e. The highest BCUT2D eigenvalue weighted by Crippen LogP contribution is 2.37. The lowest BCUT2D eigenvalue weighted by atomic mass is 9.83. The minimum absolute atomic E-state index is 0.110. The summed E-state index contributed by atoms with van der Waals surface area (Å²) in [5.74, 6) is 0.940. The van der Waals surface area contributed by atoms with E-state index in [0.717, 1.165) is 37.2 Å². The number of ether oxygens (including phenoxy) is 1. The van der Waals surface area contributed by atoms with Crippen LogP contribution < -0.4 is 4.74 Å². The van der Waals surface area contributed by atoms with Gasteiger partial charge in [-0.1, -0.05) is 12.1 Å². The van der Waals surface area contributed by atoms with Crippen molar-refractivity contribution in [1.29, 1.82) is 0 Å². The van der Waals surface area contributed by atoms with Crippen molar-refractivity contribution in [2.75, 3.05) is 27.2 Å². The molecule has 2 saturated heterocycles. The summed E-state index contributed by atoms with van der Waals surface area (Å²) in [7, 11) is 3.45. The van der Waals surface area contributed by atoms with Gasteiger partial charge in [0.2, 0.25) is 11.8 Å². The van der Waals surface area contributed by atoms with E-state index >= 15 is 0 Å². The lowest BCUT2D eigenvalue weighted by Crippen LogP contribution is -2.48. The van der Waals surface area contributed by atoms with Gasteiger partial charge in [0, 0.05) is 26.6 Å². The lowest BCUT2D eigenvalue weighted by Gasteiger charge is -2.41. The molecule has 1 aromatic carbocycles. The smallest absolute Gasteiger partial charge is 0.228 e. The first-order valence-corrected chi connectivity index (χ1v) is 8.80. The molecule has 2 fully saturated rings. The van der Waals surface area contributed by atoms with Crippen LogP contribution in [-0.4, -0.2) is 48.9 Å². The SMILES string of the molecule is COc1ccc([C@@H]2[C@H](C(=O)N3CCCCC3)CCC(=O)N2C)cc1. The summed E-state index contributed by atoms with van der Waals surface area (Å²) < 4.78 is 5.22. The maximum absolute atomic E-state index is 13.1. The molecule has 0 aliphatic carbocycles. The molecule has 0 unspecified atom stereocenters. The summed E-state index contributed by atoms with van der Waals surface area (Å²) in [5, 5.41) is 0. The van der Waals surface area contributed by atoms with Crippen molar-refractivity contribution in [2.45, 2.75) is 38.1 Å². The number of rotatable bonds is 3. The van der Waals surface area contributed by atoms with Gasteiger partial charge in [-0.15, -0.1) is 0 Å². The summed E-state index contributed by atoms with van der Waals surface area (Å²) in [4.78, 5) is 29.0. The number of likely N-dealkylation sites (tertiary alicyclic amines) is 2. The first-order chi connectivity index (χ1) is 11.6. The van der Waals surface area contributed by atoms with E-state index in [4.69, 9.17) is 4.74 Å². The van der Waals surface area contributed by atoms with Gasteiger partial charge in [0.25, 0.3) is 0 Å². The van der Waals surface area contributed by atoms with E-state index in [9.17, 15) is 9.59 Å². The summed E-state index contributed by atoms with van der Waals surface area (Å²) in [6.07, 6.45) is 4.46. The molecule has 2 aliphatic rings. The first kappa shape index (κ1) is 16.8. The molecule has 0 bridgehead atoms. The molecule has 2 amide bonds. The third-order valence-electron chi connectivity index (χ3n) is 5.30. The summed E-state index contributed by atoms with van der Waals surface area (Å²) >= 11 is 0. The van der Waals surface area contributed by atoms with E-state index in [2.05, 4.69) is 0 Å². The van der Waals surface area contributed by atoms with Gasteiger partial charge in [0.15, 0.2) is 0 Å². The largest absolute Gasteiger partial charge is 0.497 e. The second-order valence-electron chi connectivity index (χ2n) is 6.75. The van der Waals surface area contributed by atoms with Crippen LogP contribution in [0.3, 0.4) is 0 Å². The Balaban J connectivity index is 1.86. The quantitative estimate of drug-likeness (QED) is 0.856. The zero-order valence-corrected chi connectivity index (χ0v) is 14.5. The Morgan fingerprint density at radius 1 is 1.12 bits per heavy atom. The number of carbonyl (C=O) groups is 2. The molecule has 2 atom stereocenters. The Bertz CT molecular complexity index is 593. The predicted octanol–water partition coefficient (Wildman–Crippen LogP) is 2.62. The number of nitrogens with zero attached hydrogens (tertiary/aromatic N) is 2. The molecular weight excluding hydrogens is 304 g/mol. The number of methoxy groups -OCH3 is 1. The number of hydrogen-bond acceptors (Lipinski definition) is 3. The number of carbonyl (C=O) groups excluding carboxylic acids is 2. The van der Waals surface area contributed by atoms with Crippen LogP contribution in [0.4, 0.5) is 0 Å². The maximum Gasteiger partial charge on any atom is 0.228 e. The molecule has 130 valence electrons. The van der Waals surface area contributed by atoms with Crippen molar-refractivity contribution in [2.24, 2.45) is 5.92 Å². The van der Waals surface area contributed by atoms with Crippen molar-refractivity contribution < 1.29 is 14.3 Å². The molecule has 1 aromatic rings. The zero-order valence-electron chi connectivity index (χ0n) is 14.5. The standard InChI is InChI=1S/C19H26N2O3/c1-20-17(22)11-10-16(19(23)21-12-4-3-5-13-21)18(20)14-6-8-15(24-2)9-7-14/h6-9,16,18H,3-5,10-13H2,1-2H3/t16-,18-/m1/s1. The second kappa shape index (κ2) is 7.24. The van der Waals surface area contributed by atoms with Gasteiger partial charge in [-0.05, 0) is 43.4 Å². The molecule has 0 aromatic heterocycles. The van der Waals surface area contributed by atoms with Crippen LogP contribution in [0, 0.1) is 5.92 Å². The van der Waals surface area contributed by atoms with Crippen molar-refractivity contribution in [3.8, 4) is 5.75 Å². The highest BCUT2D eigenvalue weighted by atomic mass is 16.5. The average Bonchev–Trinajstić information content (AvgIpc) is 2.64. The molecule has 2 aliphatic heterocycles. The summed E-state index contributed by atoms with van der Waals surface area (Å²) in [6, 6.07) is 7.53. The number of piperidine rings is 2. The lowest BCUT2D eigenvalue weighted by molar-refractivity contribution is -0.147. The summed E-state index contributed by atoms with van der Waals surface area (Å²) in [6.45, 7) is 1.70. The van der Waals surface area contributed by atoms with Crippen molar-refractivity contribution in [1.82, 2.24) is 9.80 Å². The Hall–Kier alpha value is -2.04. The molecule has 0 spiro atoms. The van der Waals surface area contributed by atoms with Gasteiger partial charge in [-0.3, -0.25) is 9.59 Å². The third kappa shape index (κ3) is 3.25. The topological polar surface area (TPSA) is 49.9 Å². The van der Waals surface area contributed by atoms with E-state index in [1.54, 1.807) is 12.0 Å². The molecule has 5 nitrogen and oxygen atoms in total. The van der Waals surface area contributed by atoms with Crippen LogP contribution in [0.5, 0.6) is 5.75 Å². The second-order valence-corrected chi connectivity index (χ2v) is 6.75. The molecule has 0 radical (unpaired) electrons. The highest BCUT2D eigenvalue weighted by Gasteiger charge is 2.40. The van der Waals surface area contributed by atoms with Gasteiger partial charge in [0.1, 0.15) is 5.75 Å². The number of benzene rings is 1. The van der Waals surface area contributed by atoms with Crippen LogP contribution in [0.25, 0.3) is 0 Å². The fourth-order valence-electron chi connectivity index (χ4n) is 3.90. The van der Waals surface area contributed by atoms with Gasteiger partial charge in [-0.2, -0.15) is 0 Å². The fraction of sp³-hybridized carbons (Fsp3) is 0.579. The summed E-state index contributed by atoms with van der Waals surface area (Å²) in [5.41, 5.74) is 1.00. The van der Waals surface area contributed by atoms with Crippen molar-refractivity contribution in [3.63, 3.8) is 0 Å². The van der Waals surface area contributed by atoms with Crippen LogP contribution in [0.2, 0.25) is 0 Å². The van der Waals surface area contributed by atoms with Gasteiger partial charge >= 0.3 is 0 Å². The molecular formula is C19H26N2O3. The zero-order chi connectivity index (χ0) is 17.1. The molecule has 2 heterocycles. The maximum atomic E-state index is 13.1. The number of amides is 2. The molecule has 0 N–H and O–H groups in total. The average molecular weight is 330 g/mol. The molecule has 24 heavy (non-hydrogen) atoms. The first-order valence-electron chi connectivity index (χ1n) is 8.80. The monoisotopic (exact) mass is 330 g/mol. The molecule has 0 saturated carbocycles. The van der Waals surface area contributed by atoms with Crippen LogP contribution >= 0.6 is 0 Å². The van der Waals surface area contributed by atoms with Crippen molar-refractivity contribution >= 4 is 11.8 Å². The van der Waals surface area contributed by atoms with E-state index in [-0.39, 0.29) is 23.8 Å². The Kier molecular flexibility index (Phi) is 5.07. The highest BCUT2D eigenvalue weighted by molar-refractivity contribution is 5.85. The van der Waals surface area contributed by atoms with E-state index < -0.39 is 0 Å². The van der Waals surface area contributed by atoms with Gasteiger partial charge in [-0.25, -0.2) is 0 Å². The molecule has 5 heteroatoms. The normalized spacial score (nSPS) is 24.8. The third-order valence-corrected chi connectivity index (χ3v) is 5.30. The van der Waals surface area contributed by atoms with Crippen LogP contribution in [-0.2, 0) is 9.59 Å². The Labute approximate surface area is 143 Å². The van der Waals surface area contributed by atoms with Gasteiger partial charge in [0.05, 0.1) is 19.1 Å². The Morgan fingerprint density at radius 3 is 2.42 bits per heavy atom. The van der Waals surface area contributed by atoms with Crippen molar-refractivity contribution in [3.05, 3.63) is 29.8 Å². The fourth-order valence-corrected chi connectivity index (χ4v) is 3.90.